The Morgan fingerprint density at radius 3 is 2.29 bits per heavy atom. The van der Waals surface area contributed by atoms with Gasteiger partial charge >= 0.3 is 11.9 Å². The summed E-state index contributed by atoms with van der Waals surface area (Å²) in [6.45, 7) is 8.38. The van der Waals surface area contributed by atoms with E-state index in [0.717, 1.165) is 39.3 Å². The highest BCUT2D eigenvalue weighted by Crippen LogP contribution is 2.32. The Morgan fingerprint density at radius 1 is 0.971 bits per heavy atom. The lowest BCUT2D eigenvalue weighted by atomic mass is 9.94. The number of nitrogens with one attached hydrogen (secondary N) is 1. The smallest absolute Gasteiger partial charge is 0.374 e. The third kappa shape index (κ3) is 7.26. The summed E-state index contributed by atoms with van der Waals surface area (Å²) in [4.78, 5) is 10.6. The van der Waals surface area contributed by atoms with Crippen molar-refractivity contribution in [1.82, 2.24) is 0 Å². The van der Waals surface area contributed by atoms with Gasteiger partial charge in [0.1, 0.15) is 12.4 Å². The number of halogens is 2. The van der Waals surface area contributed by atoms with Crippen molar-refractivity contribution < 1.29 is 28.2 Å². The highest BCUT2D eigenvalue weighted by molar-refractivity contribution is 5.75. The van der Waals surface area contributed by atoms with E-state index >= 15 is 0 Å². The Morgan fingerprint density at radius 2 is 1.66 bits per heavy atom. The summed E-state index contributed by atoms with van der Waals surface area (Å²) in [5.74, 6) is -5.07. The zero-order valence-corrected chi connectivity index (χ0v) is 20.2. The van der Waals surface area contributed by atoms with Crippen LogP contribution < -0.4 is 10.1 Å². The number of aryl methyl sites for hydroxylation is 2. The number of benzene rings is 3. The molecule has 3 aromatic rings. The highest BCUT2D eigenvalue weighted by Gasteiger charge is 2.38. The van der Waals surface area contributed by atoms with Crippen molar-refractivity contribution in [2.45, 2.75) is 39.7 Å². The molecular formula is C28H31F2NO4. The van der Waals surface area contributed by atoms with Crippen LogP contribution in [0.3, 0.4) is 0 Å². The Bertz CT molecular complexity index is 1120. The SMILES string of the molecule is CCOCCOc1cc(C)c(-c2cccc(CNc3ccc(CC(F)(F)C(=O)O)cc3)c2)c(C)c1. The van der Waals surface area contributed by atoms with Crippen molar-refractivity contribution >= 4 is 11.7 Å². The molecule has 0 spiro atoms. The van der Waals surface area contributed by atoms with Crippen LogP contribution in [0.1, 0.15) is 29.2 Å². The van der Waals surface area contributed by atoms with Crippen LogP contribution in [0.15, 0.2) is 60.7 Å². The first-order valence-electron chi connectivity index (χ1n) is 11.5. The molecule has 0 unspecified atom stereocenters. The first kappa shape index (κ1) is 26.2. The predicted molar refractivity (Wildman–Crippen MR) is 133 cm³/mol. The minimum Gasteiger partial charge on any atom is -0.491 e. The normalized spacial score (nSPS) is 11.3. The lowest BCUT2D eigenvalue weighted by molar-refractivity contribution is -0.164. The van der Waals surface area contributed by atoms with Crippen molar-refractivity contribution in [3.05, 3.63) is 82.9 Å². The lowest BCUT2D eigenvalue weighted by Gasteiger charge is -2.15. The van der Waals surface area contributed by atoms with E-state index in [2.05, 4.69) is 31.3 Å². The van der Waals surface area contributed by atoms with E-state index in [9.17, 15) is 13.6 Å². The monoisotopic (exact) mass is 483 g/mol. The van der Waals surface area contributed by atoms with E-state index in [-0.39, 0.29) is 5.56 Å². The molecule has 0 aliphatic heterocycles. The molecule has 35 heavy (non-hydrogen) atoms. The second kappa shape index (κ2) is 11.8. The van der Waals surface area contributed by atoms with Gasteiger partial charge in [-0.15, -0.1) is 0 Å². The molecule has 0 bridgehead atoms. The van der Waals surface area contributed by atoms with Crippen LogP contribution in [0.2, 0.25) is 0 Å². The van der Waals surface area contributed by atoms with Crippen LogP contribution in [-0.2, 0) is 22.5 Å². The maximum absolute atomic E-state index is 13.4. The Hall–Kier alpha value is -3.45. The fraction of sp³-hybridized carbons (Fsp3) is 0.321. The number of aliphatic carboxylic acids is 1. The van der Waals surface area contributed by atoms with Crippen LogP contribution in [0.25, 0.3) is 11.1 Å². The third-order valence-electron chi connectivity index (χ3n) is 5.61. The van der Waals surface area contributed by atoms with Gasteiger partial charge in [-0.1, -0.05) is 30.3 Å². The number of carboxylic acids is 1. The van der Waals surface area contributed by atoms with Gasteiger partial charge in [0.2, 0.25) is 0 Å². The molecule has 0 fully saturated rings. The van der Waals surface area contributed by atoms with Crippen molar-refractivity contribution in [1.29, 1.82) is 0 Å². The maximum atomic E-state index is 13.4. The van der Waals surface area contributed by atoms with E-state index in [0.29, 0.717) is 26.4 Å². The molecule has 0 saturated heterocycles. The number of rotatable bonds is 12. The number of ether oxygens (including phenoxy) is 2. The number of anilines is 1. The van der Waals surface area contributed by atoms with Gasteiger partial charge in [0, 0.05) is 25.3 Å². The third-order valence-corrected chi connectivity index (χ3v) is 5.61. The van der Waals surface area contributed by atoms with Gasteiger partial charge in [0.25, 0.3) is 0 Å². The van der Waals surface area contributed by atoms with Gasteiger partial charge in [-0.25, -0.2) is 4.79 Å². The molecule has 0 aliphatic carbocycles. The van der Waals surface area contributed by atoms with Crippen LogP contribution in [0.4, 0.5) is 14.5 Å². The summed E-state index contributed by atoms with van der Waals surface area (Å²) in [7, 11) is 0. The van der Waals surface area contributed by atoms with Crippen molar-refractivity contribution in [2.24, 2.45) is 0 Å². The van der Waals surface area contributed by atoms with Gasteiger partial charge in [-0.2, -0.15) is 8.78 Å². The molecule has 0 atom stereocenters. The maximum Gasteiger partial charge on any atom is 0.374 e. The summed E-state index contributed by atoms with van der Waals surface area (Å²) in [5.41, 5.74) is 6.60. The topological polar surface area (TPSA) is 67.8 Å². The summed E-state index contributed by atoms with van der Waals surface area (Å²) in [5, 5.41) is 11.9. The number of carbonyl (C=O) groups is 1. The molecular weight excluding hydrogens is 452 g/mol. The van der Waals surface area contributed by atoms with Crippen LogP contribution in [-0.4, -0.2) is 36.8 Å². The fourth-order valence-electron chi connectivity index (χ4n) is 3.94. The molecule has 0 saturated carbocycles. The Labute approximate surface area is 204 Å². The van der Waals surface area contributed by atoms with E-state index in [4.69, 9.17) is 14.6 Å². The number of alkyl halides is 2. The van der Waals surface area contributed by atoms with Crippen molar-refractivity contribution in [3.8, 4) is 16.9 Å². The summed E-state index contributed by atoms with van der Waals surface area (Å²) in [6.07, 6.45) is -0.834. The number of hydrogen-bond donors (Lipinski definition) is 2. The minimum atomic E-state index is -3.78. The molecule has 3 aromatic carbocycles. The van der Waals surface area contributed by atoms with Crippen molar-refractivity contribution in [3.63, 3.8) is 0 Å². The van der Waals surface area contributed by atoms with E-state index < -0.39 is 18.3 Å². The molecule has 0 aromatic heterocycles. The molecule has 5 nitrogen and oxygen atoms in total. The van der Waals surface area contributed by atoms with E-state index in [1.165, 1.54) is 12.1 Å². The molecule has 0 heterocycles. The second-order valence-corrected chi connectivity index (χ2v) is 8.41. The Kier molecular flexibility index (Phi) is 8.82. The molecule has 0 aliphatic rings. The van der Waals surface area contributed by atoms with Crippen LogP contribution in [0.5, 0.6) is 5.75 Å². The molecule has 0 radical (unpaired) electrons. The lowest BCUT2D eigenvalue weighted by Crippen LogP contribution is -2.30. The van der Waals surface area contributed by atoms with Gasteiger partial charge < -0.3 is 19.9 Å². The Balaban J connectivity index is 1.66. The van der Waals surface area contributed by atoms with Crippen LogP contribution >= 0.6 is 0 Å². The fourth-order valence-corrected chi connectivity index (χ4v) is 3.94. The first-order chi connectivity index (χ1) is 16.7. The summed E-state index contributed by atoms with van der Waals surface area (Å²) in [6, 6.07) is 18.7. The number of carboxylic acid groups (broad SMARTS) is 1. The van der Waals surface area contributed by atoms with Crippen LogP contribution in [0, 0.1) is 13.8 Å². The van der Waals surface area contributed by atoms with Gasteiger partial charge in [-0.05, 0) is 84.5 Å². The largest absolute Gasteiger partial charge is 0.491 e. The number of hydrogen-bond acceptors (Lipinski definition) is 4. The van der Waals surface area contributed by atoms with Gasteiger partial charge in [-0.3, -0.25) is 0 Å². The summed E-state index contributed by atoms with van der Waals surface area (Å²) >= 11 is 0. The summed E-state index contributed by atoms with van der Waals surface area (Å²) < 4.78 is 38.0. The standard InChI is InChI=1S/C28H31F2NO4/c1-4-34-12-13-35-25-14-19(2)26(20(3)15-25)23-7-5-6-22(16-23)18-31-24-10-8-21(9-11-24)17-28(29,30)27(32)33/h5-11,14-16,31H,4,12-13,17-18H2,1-3H3,(H,32,33). The zero-order chi connectivity index (χ0) is 25.4. The molecule has 7 heteroatoms. The second-order valence-electron chi connectivity index (χ2n) is 8.41. The average molecular weight is 484 g/mol. The predicted octanol–water partition coefficient (Wildman–Crippen LogP) is 6.26. The first-order valence-corrected chi connectivity index (χ1v) is 11.5. The minimum absolute atomic E-state index is 0.265. The molecule has 186 valence electrons. The molecule has 2 N–H and O–H groups in total. The highest BCUT2D eigenvalue weighted by atomic mass is 19.3. The van der Waals surface area contributed by atoms with E-state index in [1.807, 2.05) is 31.2 Å². The van der Waals surface area contributed by atoms with Gasteiger partial charge in [0.05, 0.1) is 6.61 Å². The van der Waals surface area contributed by atoms with Crippen molar-refractivity contribution in [2.75, 3.05) is 25.1 Å². The van der Waals surface area contributed by atoms with E-state index in [1.54, 1.807) is 12.1 Å². The molecule has 0 amide bonds. The average Bonchev–Trinajstić information content (AvgIpc) is 2.81. The van der Waals surface area contributed by atoms with Gasteiger partial charge in [0.15, 0.2) is 0 Å². The quantitative estimate of drug-likeness (QED) is 0.298. The zero-order valence-electron chi connectivity index (χ0n) is 20.2. The molecule has 3 rings (SSSR count).